The number of pyridine rings is 1. The zero-order valence-corrected chi connectivity index (χ0v) is 22.3. The number of nitrogens with zero attached hydrogens (tertiary/aromatic N) is 6. The van der Waals surface area contributed by atoms with Gasteiger partial charge in [0.25, 0.3) is 0 Å². The SMILES string of the molecule is Cc1nc(Nc2ncc(F)c(-c3cc(F)c4nc5n(c4c3)C(C)(C)CC5)n2)ccc1N1CC(C)NC(C)C1. The Morgan fingerprint density at radius 1 is 1.03 bits per heavy atom. The maximum absolute atomic E-state index is 15.1. The van der Waals surface area contributed by atoms with Crippen molar-refractivity contribution in [3.8, 4) is 11.3 Å². The molecule has 8 nitrogen and oxygen atoms in total. The highest BCUT2D eigenvalue weighted by Gasteiger charge is 2.33. The maximum Gasteiger partial charge on any atom is 0.229 e. The molecule has 10 heteroatoms. The van der Waals surface area contributed by atoms with Gasteiger partial charge in [-0.1, -0.05) is 0 Å². The lowest BCUT2D eigenvalue weighted by molar-refractivity contribution is 0.386. The number of rotatable bonds is 4. The fraction of sp³-hybridized carbons (Fsp3) is 0.429. The third kappa shape index (κ3) is 4.26. The van der Waals surface area contributed by atoms with Crippen LogP contribution < -0.4 is 15.5 Å². The number of piperazine rings is 1. The van der Waals surface area contributed by atoms with Gasteiger partial charge in [-0.05, 0) is 65.3 Å². The van der Waals surface area contributed by atoms with E-state index >= 15 is 4.39 Å². The molecule has 198 valence electrons. The summed E-state index contributed by atoms with van der Waals surface area (Å²) in [5.74, 6) is 0.464. The van der Waals surface area contributed by atoms with Gasteiger partial charge in [-0.25, -0.2) is 28.7 Å². The second kappa shape index (κ2) is 8.97. The Morgan fingerprint density at radius 2 is 1.79 bits per heavy atom. The molecular formula is C28H32F2N8. The van der Waals surface area contributed by atoms with E-state index in [0.717, 1.165) is 49.3 Å². The number of imidazole rings is 1. The number of halogens is 2. The molecule has 3 aromatic heterocycles. The topological polar surface area (TPSA) is 83.8 Å². The molecule has 1 fully saturated rings. The van der Waals surface area contributed by atoms with Crippen molar-refractivity contribution in [3.05, 3.63) is 53.6 Å². The molecule has 0 amide bonds. The average Bonchev–Trinajstić information content (AvgIpc) is 3.37. The van der Waals surface area contributed by atoms with Gasteiger partial charge in [-0.15, -0.1) is 0 Å². The molecule has 1 saturated heterocycles. The van der Waals surface area contributed by atoms with E-state index in [1.165, 1.54) is 6.07 Å². The summed E-state index contributed by atoms with van der Waals surface area (Å²) in [6.07, 6.45) is 2.80. The van der Waals surface area contributed by atoms with Crippen LogP contribution in [0.3, 0.4) is 0 Å². The van der Waals surface area contributed by atoms with Crippen LogP contribution in [0.15, 0.2) is 30.5 Å². The number of anilines is 3. The Balaban J connectivity index is 1.31. The molecule has 5 heterocycles. The minimum Gasteiger partial charge on any atom is -0.367 e. The normalized spacial score (nSPS) is 20.7. The van der Waals surface area contributed by atoms with E-state index in [1.807, 2.05) is 19.1 Å². The van der Waals surface area contributed by atoms with Crippen molar-refractivity contribution < 1.29 is 8.78 Å². The largest absolute Gasteiger partial charge is 0.367 e. The summed E-state index contributed by atoms with van der Waals surface area (Å²) in [6.45, 7) is 12.3. The standard InChI is InChI=1S/C28H32F2N8/c1-15-13-37(14-16(2)32-15)21-6-7-23(33-17(21)3)34-27-31-12-20(30)25(36-27)18-10-19(29)26-22(11-18)38-24(35-26)8-9-28(38,4)5/h6-7,10-12,15-16,32H,8-9,13-14H2,1-5H3,(H,31,33,34,36). The molecule has 2 atom stereocenters. The predicted molar refractivity (Wildman–Crippen MR) is 145 cm³/mol. The summed E-state index contributed by atoms with van der Waals surface area (Å²) in [5.41, 5.74) is 3.08. The second-order valence-electron chi connectivity index (χ2n) is 11.2. The monoisotopic (exact) mass is 518 g/mol. The second-order valence-corrected chi connectivity index (χ2v) is 11.2. The van der Waals surface area contributed by atoms with E-state index in [1.54, 1.807) is 6.07 Å². The highest BCUT2D eigenvalue weighted by Crippen LogP contribution is 2.38. The highest BCUT2D eigenvalue weighted by molar-refractivity contribution is 5.83. The molecule has 1 aromatic carbocycles. The first-order chi connectivity index (χ1) is 18.1. The van der Waals surface area contributed by atoms with Crippen LogP contribution >= 0.6 is 0 Å². The van der Waals surface area contributed by atoms with E-state index in [0.29, 0.717) is 34.5 Å². The Hall–Kier alpha value is -3.66. The molecule has 4 aromatic rings. The fourth-order valence-electron chi connectivity index (χ4n) is 5.92. The number of aromatic nitrogens is 5. The van der Waals surface area contributed by atoms with Gasteiger partial charge < -0.3 is 20.1 Å². The fourth-order valence-corrected chi connectivity index (χ4v) is 5.92. The molecular weight excluding hydrogens is 486 g/mol. The number of benzene rings is 1. The van der Waals surface area contributed by atoms with Crippen molar-refractivity contribution in [2.45, 2.75) is 65.1 Å². The molecule has 38 heavy (non-hydrogen) atoms. The molecule has 0 spiro atoms. The zero-order chi connectivity index (χ0) is 26.8. The third-order valence-electron chi connectivity index (χ3n) is 7.56. The minimum atomic E-state index is -0.629. The first kappa shape index (κ1) is 24.7. The summed E-state index contributed by atoms with van der Waals surface area (Å²) < 4.78 is 32.1. The lowest BCUT2D eigenvalue weighted by atomic mass is 10.0. The molecule has 6 rings (SSSR count). The molecule has 2 unspecified atom stereocenters. The minimum absolute atomic E-state index is 0.0202. The number of hydrogen-bond donors (Lipinski definition) is 2. The van der Waals surface area contributed by atoms with Gasteiger partial charge in [-0.3, -0.25) is 0 Å². The van der Waals surface area contributed by atoms with Crippen LogP contribution in [0.1, 0.15) is 45.6 Å². The molecule has 2 aliphatic heterocycles. The smallest absolute Gasteiger partial charge is 0.229 e. The van der Waals surface area contributed by atoms with Crippen LogP contribution in [-0.4, -0.2) is 49.7 Å². The number of hydrogen-bond acceptors (Lipinski definition) is 7. The first-order valence-electron chi connectivity index (χ1n) is 13.1. The highest BCUT2D eigenvalue weighted by atomic mass is 19.1. The summed E-state index contributed by atoms with van der Waals surface area (Å²) >= 11 is 0. The van der Waals surface area contributed by atoms with Crippen LogP contribution in [0, 0.1) is 18.6 Å². The lowest BCUT2D eigenvalue weighted by Gasteiger charge is -2.38. The molecule has 0 saturated carbocycles. The van der Waals surface area contributed by atoms with Gasteiger partial charge in [0.1, 0.15) is 22.9 Å². The Bertz CT molecular complexity index is 1540. The summed E-state index contributed by atoms with van der Waals surface area (Å²) in [7, 11) is 0. The summed E-state index contributed by atoms with van der Waals surface area (Å²) in [6, 6.07) is 7.74. The predicted octanol–water partition coefficient (Wildman–Crippen LogP) is 5.09. The molecule has 0 aliphatic carbocycles. The van der Waals surface area contributed by atoms with Crippen LogP contribution in [0.25, 0.3) is 22.3 Å². The zero-order valence-electron chi connectivity index (χ0n) is 22.3. The Kier molecular flexibility index (Phi) is 5.82. The van der Waals surface area contributed by atoms with Gasteiger partial charge in [0.15, 0.2) is 11.6 Å². The van der Waals surface area contributed by atoms with Gasteiger partial charge in [-0.2, -0.15) is 0 Å². The van der Waals surface area contributed by atoms with E-state index in [4.69, 9.17) is 4.98 Å². The average molecular weight is 519 g/mol. The van der Waals surface area contributed by atoms with Gasteiger partial charge in [0, 0.05) is 42.7 Å². The quantitative estimate of drug-likeness (QED) is 0.390. The molecule has 0 bridgehead atoms. The van der Waals surface area contributed by atoms with Crippen molar-refractivity contribution in [3.63, 3.8) is 0 Å². The summed E-state index contributed by atoms with van der Waals surface area (Å²) in [5, 5.41) is 6.63. The first-order valence-corrected chi connectivity index (χ1v) is 13.1. The molecule has 2 N–H and O–H groups in total. The third-order valence-corrected chi connectivity index (χ3v) is 7.56. The van der Waals surface area contributed by atoms with Crippen molar-refractivity contribution in [2.24, 2.45) is 0 Å². The van der Waals surface area contributed by atoms with E-state index < -0.39 is 11.6 Å². The van der Waals surface area contributed by atoms with Crippen molar-refractivity contribution >= 4 is 28.5 Å². The van der Waals surface area contributed by atoms with Crippen molar-refractivity contribution in [1.29, 1.82) is 0 Å². The van der Waals surface area contributed by atoms with Gasteiger partial charge in [0.05, 0.1) is 23.1 Å². The lowest BCUT2D eigenvalue weighted by Crippen LogP contribution is -2.54. The van der Waals surface area contributed by atoms with E-state index in [2.05, 4.69) is 62.7 Å². The number of aryl methyl sites for hydroxylation is 2. The van der Waals surface area contributed by atoms with E-state index in [-0.39, 0.29) is 17.2 Å². The van der Waals surface area contributed by atoms with Crippen LogP contribution in [-0.2, 0) is 12.0 Å². The van der Waals surface area contributed by atoms with Crippen LogP contribution in [0.5, 0.6) is 0 Å². The molecule has 2 aliphatic rings. The molecule has 0 radical (unpaired) electrons. The Labute approximate surface area is 220 Å². The van der Waals surface area contributed by atoms with Gasteiger partial charge >= 0.3 is 0 Å². The maximum atomic E-state index is 15.1. The van der Waals surface area contributed by atoms with Crippen LogP contribution in [0.4, 0.5) is 26.2 Å². The van der Waals surface area contributed by atoms with Gasteiger partial charge in [0.2, 0.25) is 5.95 Å². The van der Waals surface area contributed by atoms with Crippen molar-refractivity contribution in [2.75, 3.05) is 23.3 Å². The van der Waals surface area contributed by atoms with Crippen molar-refractivity contribution in [1.82, 2.24) is 29.8 Å². The number of nitrogens with one attached hydrogen (secondary N) is 2. The van der Waals surface area contributed by atoms with E-state index in [9.17, 15) is 4.39 Å². The Morgan fingerprint density at radius 3 is 2.53 bits per heavy atom. The number of fused-ring (bicyclic) bond motifs is 3. The van der Waals surface area contributed by atoms with Crippen LogP contribution in [0.2, 0.25) is 0 Å². The summed E-state index contributed by atoms with van der Waals surface area (Å²) in [4.78, 5) is 20.1.